The van der Waals surface area contributed by atoms with Crippen LogP contribution in [0.3, 0.4) is 0 Å². The number of aromatic nitrogens is 2. The number of amidine groups is 1. The summed E-state index contributed by atoms with van der Waals surface area (Å²) in [7, 11) is 0. The van der Waals surface area contributed by atoms with Crippen LogP contribution in [-0.2, 0) is 0 Å². The number of ether oxygens (including phenoxy) is 1. The van der Waals surface area contributed by atoms with Crippen LogP contribution in [0.4, 0.5) is 0 Å². The van der Waals surface area contributed by atoms with Crippen LogP contribution in [0.15, 0.2) is 28.7 Å². The standard InChI is InChI=1S/C11H11BrN4O/c1-6-4-10(16-15-6)17-9-3-2-7(11(13)14)5-8(9)12/h2-5H,1H3,(H3,13,14)(H,15,16). The van der Waals surface area contributed by atoms with E-state index in [0.29, 0.717) is 17.2 Å². The van der Waals surface area contributed by atoms with Gasteiger partial charge < -0.3 is 10.5 Å². The first-order valence-electron chi connectivity index (χ1n) is 4.90. The zero-order valence-electron chi connectivity index (χ0n) is 9.12. The number of nitrogen functional groups attached to an aromatic ring is 1. The Morgan fingerprint density at radius 3 is 2.76 bits per heavy atom. The number of benzene rings is 1. The number of rotatable bonds is 3. The molecule has 2 aromatic rings. The van der Waals surface area contributed by atoms with E-state index in [1.54, 1.807) is 24.3 Å². The van der Waals surface area contributed by atoms with Gasteiger partial charge in [-0.25, -0.2) is 0 Å². The molecule has 0 aliphatic rings. The second-order valence-corrected chi connectivity index (χ2v) is 4.40. The van der Waals surface area contributed by atoms with Crippen LogP contribution in [0, 0.1) is 12.3 Å². The van der Waals surface area contributed by atoms with Crippen LogP contribution in [0.25, 0.3) is 0 Å². The van der Waals surface area contributed by atoms with Crippen molar-refractivity contribution >= 4 is 21.8 Å². The number of halogens is 1. The van der Waals surface area contributed by atoms with Gasteiger partial charge in [-0.1, -0.05) is 0 Å². The second-order valence-electron chi connectivity index (χ2n) is 3.55. The lowest BCUT2D eigenvalue weighted by Gasteiger charge is -2.06. The molecule has 6 heteroatoms. The van der Waals surface area contributed by atoms with Gasteiger partial charge >= 0.3 is 0 Å². The first-order chi connectivity index (χ1) is 8.06. The molecule has 17 heavy (non-hydrogen) atoms. The van der Waals surface area contributed by atoms with Crippen molar-refractivity contribution in [3.8, 4) is 11.6 Å². The lowest BCUT2D eigenvalue weighted by atomic mass is 10.2. The Bertz CT molecular complexity index is 564. The number of H-pyrrole nitrogens is 1. The molecule has 0 radical (unpaired) electrons. The largest absolute Gasteiger partial charge is 0.436 e. The van der Waals surface area contributed by atoms with Crippen LogP contribution < -0.4 is 10.5 Å². The van der Waals surface area contributed by atoms with Crippen molar-refractivity contribution in [2.24, 2.45) is 5.73 Å². The number of aryl methyl sites for hydroxylation is 1. The summed E-state index contributed by atoms with van der Waals surface area (Å²) in [5.41, 5.74) is 6.96. The predicted octanol–water partition coefficient (Wildman–Crippen LogP) is 2.56. The van der Waals surface area contributed by atoms with E-state index in [1.165, 1.54) is 0 Å². The van der Waals surface area contributed by atoms with E-state index in [-0.39, 0.29) is 5.84 Å². The molecule has 0 fully saturated rings. The topological polar surface area (TPSA) is 87.8 Å². The van der Waals surface area contributed by atoms with Gasteiger partial charge in [0.25, 0.3) is 0 Å². The first kappa shape index (κ1) is 11.7. The van der Waals surface area contributed by atoms with Crippen LogP contribution in [0.2, 0.25) is 0 Å². The van der Waals surface area contributed by atoms with Crippen molar-refractivity contribution in [2.45, 2.75) is 6.92 Å². The first-order valence-corrected chi connectivity index (χ1v) is 5.69. The van der Waals surface area contributed by atoms with Gasteiger partial charge in [0.05, 0.1) is 4.47 Å². The maximum absolute atomic E-state index is 7.33. The predicted molar refractivity (Wildman–Crippen MR) is 68.6 cm³/mol. The van der Waals surface area contributed by atoms with Gasteiger partial charge in [0.2, 0.25) is 5.88 Å². The van der Waals surface area contributed by atoms with E-state index < -0.39 is 0 Å². The Labute approximate surface area is 107 Å². The molecule has 2 rings (SSSR count). The zero-order chi connectivity index (χ0) is 12.4. The molecule has 0 aliphatic heterocycles. The fourth-order valence-corrected chi connectivity index (χ4v) is 1.77. The minimum atomic E-state index is 0.0212. The molecule has 0 saturated carbocycles. The van der Waals surface area contributed by atoms with E-state index in [4.69, 9.17) is 15.9 Å². The van der Waals surface area contributed by atoms with Crippen molar-refractivity contribution in [1.82, 2.24) is 10.2 Å². The summed E-state index contributed by atoms with van der Waals surface area (Å²) in [5.74, 6) is 1.15. The third-order valence-electron chi connectivity index (χ3n) is 2.14. The Morgan fingerprint density at radius 2 is 2.24 bits per heavy atom. The maximum atomic E-state index is 7.33. The smallest absolute Gasteiger partial charge is 0.238 e. The molecule has 0 unspecified atom stereocenters. The molecule has 0 atom stereocenters. The molecular weight excluding hydrogens is 284 g/mol. The van der Waals surface area contributed by atoms with E-state index in [9.17, 15) is 0 Å². The Morgan fingerprint density at radius 1 is 1.47 bits per heavy atom. The van der Waals surface area contributed by atoms with Gasteiger partial charge in [-0.05, 0) is 41.1 Å². The minimum absolute atomic E-state index is 0.0212. The summed E-state index contributed by atoms with van der Waals surface area (Å²) >= 11 is 3.36. The molecule has 1 aromatic heterocycles. The Hall–Kier alpha value is -1.82. The summed E-state index contributed by atoms with van der Waals surface area (Å²) in [6.45, 7) is 1.90. The van der Waals surface area contributed by atoms with E-state index in [1.807, 2.05) is 6.92 Å². The fourth-order valence-electron chi connectivity index (χ4n) is 1.31. The highest BCUT2D eigenvalue weighted by molar-refractivity contribution is 9.10. The van der Waals surface area contributed by atoms with Crippen LogP contribution in [0.1, 0.15) is 11.3 Å². The molecule has 88 valence electrons. The normalized spacial score (nSPS) is 10.2. The van der Waals surface area contributed by atoms with Gasteiger partial charge in [-0.15, -0.1) is 5.10 Å². The molecule has 0 aliphatic carbocycles. The van der Waals surface area contributed by atoms with Gasteiger partial charge in [-0.3, -0.25) is 10.5 Å². The monoisotopic (exact) mass is 294 g/mol. The van der Waals surface area contributed by atoms with Crippen molar-refractivity contribution in [2.75, 3.05) is 0 Å². The molecule has 0 spiro atoms. The molecule has 4 N–H and O–H groups in total. The van der Waals surface area contributed by atoms with Crippen molar-refractivity contribution in [1.29, 1.82) is 5.41 Å². The molecular formula is C11H11BrN4O. The number of aromatic amines is 1. The zero-order valence-corrected chi connectivity index (χ0v) is 10.7. The lowest BCUT2D eigenvalue weighted by Crippen LogP contribution is -2.10. The fraction of sp³-hybridized carbons (Fsp3) is 0.0909. The van der Waals surface area contributed by atoms with Gasteiger partial charge in [-0.2, -0.15) is 0 Å². The van der Waals surface area contributed by atoms with E-state index in [2.05, 4.69) is 26.1 Å². The van der Waals surface area contributed by atoms with Crippen LogP contribution >= 0.6 is 15.9 Å². The summed E-state index contributed by atoms with van der Waals surface area (Å²) in [4.78, 5) is 0. The highest BCUT2D eigenvalue weighted by Gasteiger charge is 2.07. The summed E-state index contributed by atoms with van der Waals surface area (Å²) < 4.78 is 6.29. The Balaban J connectivity index is 2.25. The maximum Gasteiger partial charge on any atom is 0.238 e. The van der Waals surface area contributed by atoms with E-state index in [0.717, 1.165) is 10.2 Å². The number of hydrogen-bond acceptors (Lipinski definition) is 3. The third-order valence-corrected chi connectivity index (χ3v) is 2.76. The highest BCUT2D eigenvalue weighted by Crippen LogP contribution is 2.29. The number of hydrogen-bond donors (Lipinski definition) is 3. The summed E-state index contributed by atoms with van der Waals surface area (Å²) in [5, 5.41) is 14.1. The number of nitrogens with zero attached hydrogens (tertiary/aromatic N) is 1. The van der Waals surface area contributed by atoms with E-state index >= 15 is 0 Å². The molecule has 0 saturated heterocycles. The second kappa shape index (κ2) is 4.58. The molecule has 0 bridgehead atoms. The number of nitrogens with two attached hydrogens (primary N) is 1. The van der Waals surface area contributed by atoms with Crippen LogP contribution in [-0.4, -0.2) is 16.0 Å². The van der Waals surface area contributed by atoms with Crippen molar-refractivity contribution in [3.05, 3.63) is 40.0 Å². The SMILES string of the molecule is Cc1cc(Oc2ccc(C(=N)N)cc2Br)n[nH]1. The average Bonchev–Trinajstić information content (AvgIpc) is 2.67. The third kappa shape index (κ3) is 2.65. The molecule has 0 amide bonds. The van der Waals surface area contributed by atoms with Gasteiger partial charge in [0.1, 0.15) is 11.6 Å². The Kier molecular flexibility index (Phi) is 3.14. The number of nitrogens with one attached hydrogen (secondary N) is 2. The van der Waals surface area contributed by atoms with Gasteiger partial charge in [0, 0.05) is 17.3 Å². The summed E-state index contributed by atoms with van der Waals surface area (Å²) in [6.07, 6.45) is 0. The summed E-state index contributed by atoms with van der Waals surface area (Å²) in [6, 6.07) is 7.00. The molecule has 1 heterocycles. The highest BCUT2D eigenvalue weighted by atomic mass is 79.9. The van der Waals surface area contributed by atoms with Crippen molar-refractivity contribution < 1.29 is 4.74 Å². The van der Waals surface area contributed by atoms with Crippen molar-refractivity contribution in [3.63, 3.8) is 0 Å². The van der Waals surface area contributed by atoms with Gasteiger partial charge in [0.15, 0.2) is 0 Å². The lowest BCUT2D eigenvalue weighted by molar-refractivity contribution is 0.459. The molecule has 5 nitrogen and oxygen atoms in total. The quantitative estimate of drug-likeness (QED) is 0.600. The minimum Gasteiger partial charge on any atom is -0.436 e. The van der Waals surface area contributed by atoms with Crippen LogP contribution in [0.5, 0.6) is 11.6 Å². The average molecular weight is 295 g/mol. The molecule has 1 aromatic carbocycles.